The topological polar surface area (TPSA) is 54.5 Å². The lowest BCUT2D eigenvalue weighted by molar-refractivity contribution is -0.124. The lowest BCUT2D eigenvalue weighted by Gasteiger charge is -2.26. The van der Waals surface area contributed by atoms with E-state index in [0.29, 0.717) is 24.6 Å². The van der Waals surface area contributed by atoms with Gasteiger partial charge < -0.3 is 4.90 Å². The molecule has 1 aliphatic heterocycles. The first kappa shape index (κ1) is 26.1. The third kappa shape index (κ3) is 7.78. The summed E-state index contributed by atoms with van der Waals surface area (Å²) in [6, 6.07) is 15.6. The van der Waals surface area contributed by atoms with Gasteiger partial charge in [-0.05, 0) is 43.5 Å². The zero-order valence-corrected chi connectivity index (χ0v) is 21.5. The summed E-state index contributed by atoms with van der Waals surface area (Å²) in [5.74, 6) is 7.57. The fourth-order valence-electron chi connectivity index (χ4n) is 3.75. The van der Waals surface area contributed by atoms with Crippen LogP contribution in [-0.4, -0.2) is 28.5 Å². The molecule has 0 saturated carbocycles. The number of hydrogen-bond donors (Lipinski definition) is 0. The SMILES string of the molecule is CCC(CC(C)=O)SSCCCC(=O)CCC(=O)N1Cc2ccccc2C#Cc2ccccc21. The molecule has 178 valence electrons. The van der Waals surface area contributed by atoms with Gasteiger partial charge in [0.05, 0.1) is 12.2 Å². The molecule has 1 unspecified atom stereocenters. The highest BCUT2D eigenvalue weighted by atomic mass is 33.1. The van der Waals surface area contributed by atoms with Crippen molar-refractivity contribution in [1.82, 2.24) is 0 Å². The molecule has 0 aliphatic carbocycles. The highest BCUT2D eigenvalue weighted by molar-refractivity contribution is 8.76. The molecular formula is C28H31NO3S2. The second-order valence-electron chi connectivity index (χ2n) is 8.40. The monoisotopic (exact) mass is 493 g/mol. The van der Waals surface area contributed by atoms with E-state index >= 15 is 0 Å². The van der Waals surface area contributed by atoms with Crippen LogP contribution in [0.4, 0.5) is 5.69 Å². The molecule has 0 spiro atoms. The van der Waals surface area contributed by atoms with Gasteiger partial charge in [0, 0.05) is 47.8 Å². The molecule has 1 amide bonds. The molecule has 0 aromatic heterocycles. The van der Waals surface area contributed by atoms with Gasteiger partial charge in [0.2, 0.25) is 5.91 Å². The van der Waals surface area contributed by atoms with Gasteiger partial charge in [0.1, 0.15) is 11.6 Å². The largest absolute Gasteiger partial charge is 0.307 e. The van der Waals surface area contributed by atoms with Gasteiger partial charge in [-0.15, -0.1) is 0 Å². The number of Topliss-reactive ketones (excluding diaryl/α,β-unsaturated/α-hetero) is 2. The number of para-hydroxylation sites is 1. The van der Waals surface area contributed by atoms with Gasteiger partial charge >= 0.3 is 0 Å². The van der Waals surface area contributed by atoms with Crippen LogP contribution in [0, 0.1) is 11.8 Å². The Hall–Kier alpha value is -2.49. The van der Waals surface area contributed by atoms with Crippen LogP contribution in [0.2, 0.25) is 0 Å². The molecule has 0 N–H and O–H groups in total. The van der Waals surface area contributed by atoms with Crippen LogP contribution in [0.5, 0.6) is 0 Å². The summed E-state index contributed by atoms with van der Waals surface area (Å²) in [5, 5.41) is 0.339. The lowest BCUT2D eigenvalue weighted by atomic mass is 10.0. The van der Waals surface area contributed by atoms with Crippen LogP contribution < -0.4 is 4.90 Å². The minimum Gasteiger partial charge on any atom is -0.307 e. The predicted molar refractivity (Wildman–Crippen MR) is 143 cm³/mol. The number of nitrogens with zero attached hydrogens (tertiary/aromatic N) is 1. The van der Waals surface area contributed by atoms with Crippen LogP contribution in [-0.2, 0) is 20.9 Å². The number of benzene rings is 2. The molecule has 0 saturated heterocycles. The average molecular weight is 494 g/mol. The van der Waals surface area contributed by atoms with Crippen molar-refractivity contribution in [3.8, 4) is 11.8 Å². The summed E-state index contributed by atoms with van der Waals surface area (Å²) in [5.41, 5.74) is 3.55. The van der Waals surface area contributed by atoms with E-state index in [4.69, 9.17) is 0 Å². The summed E-state index contributed by atoms with van der Waals surface area (Å²) < 4.78 is 0. The zero-order chi connectivity index (χ0) is 24.3. The van der Waals surface area contributed by atoms with Crippen molar-refractivity contribution < 1.29 is 14.4 Å². The summed E-state index contributed by atoms with van der Waals surface area (Å²) in [4.78, 5) is 38.7. The Morgan fingerprint density at radius 1 is 0.971 bits per heavy atom. The van der Waals surface area contributed by atoms with E-state index in [9.17, 15) is 14.4 Å². The fraction of sp³-hybridized carbons (Fsp3) is 0.393. The molecule has 1 atom stereocenters. The van der Waals surface area contributed by atoms with E-state index in [-0.39, 0.29) is 30.3 Å². The number of anilines is 1. The second-order valence-corrected chi connectivity index (χ2v) is 11.2. The summed E-state index contributed by atoms with van der Waals surface area (Å²) in [7, 11) is 3.47. The lowest BCUT2D eigenvalue weighted by Crippen LogP contribution is -2.32. The van der Waals surface area contributed by atoms with Crippen molar-refractivity contribution in [3.05, 3.63) is 65.2 Å². The summed E-state index contributed by atoms with van der Waals surface area (Å²) in [6.45, 7) is 4.17. The van der Waals surface area contributed by atoms with Crippen molar-refractivity contribution in [2.45, 2.75) is 64.2 Å². The van der Waals surface area contributed by atoms with Gasteiger partial charge in [0.15, 0.2) is 0 Å². The molecule has 3 rings (SSSR count). The number of rotatable bonds is 12. The highest BCUT2D eigenvalue weighted by Crippen LogP contribution is 2.32. The Morgan fingerprint density at radius 3 is 2.44 bits per heavy atom. The number of carbonyl (C=O) groups is 3. The highest BCUT2D eigenvalue weighted by Gasteiger charge is 2.21. The number of amides is 1. The van der Waals surface area contributed by atoms with E-state index in [1.807, 2.05) is 48.5 Å². The van der Waals surface area contributed by atoms with Gasteiger partial charge in [-0.2, -0.15) is 0 Å². The third-order valence-corrected chi connectivity index (χ3v) is 8.74. The smallest absolute Gasteiger partial charge is 0.227 e. The predicted octanol–water partition coefficient (Wildman–Crippen LogP) is 6.20. The quantitative estimate of drug-likeness (QED) is 0.200. The maximum atomic E-state index is 13.2. The molecule has 2 aromatic rings. The van der Waals surface area contributed by atoms with Crippen LogP contribution in [0.1, 0.15) is 69.1 Å². The Morgan fingerprint density at radius 2 is 1.68 bits per heavy atom. The molecular weight excluding hydrogens is 462 g/mol. The van der Waals surface area contributed by atoms with Crippen LogP contribution in [0.3, 0.4) is 0 Å². The Bertz CT molecular complexity index is 1090. The van der Waals surface area contributed by atoms with Gasteiger partial charge in [-0.3, -0.25) is 14.4 Å². The first-order valence-electron chi connectivity index (χ1n) is 11.8. The number of carbonyl (C=O) groups excluding carboxylic acids is 3. The van der Waals surface area contributed by atoms with Gasteiger partial charge in [0.25, 0.3) is 0 Å². The molecule has 2 aromatic carbocycles. The summed E-state index contributed by atoms with van der Waals surface area (Å²) >= 11 is 0. The minimum absolute atomic E-state index is 0.0562. The van der Waals surface area contributed by atoms with Crippen molar-refractivity contribution in [1.29, 1.82) is 0 Å². The van der Waals surface area contributed by atoms with E-state index in [0.717, 1.165) is 41.0 Å². The van der Waals surface area contributed by atoms with Crippen molar-refractivity contribution >= 4 is 44.7 Å². The molecule has 0 bridgehead atoms. The van der Waals surface area contributed by atoms with Crippen molar-refractivity contribution in [3.63, 3.8) is 0 Å². The van der Waals surface area contributed by atoms with Crippen LogP contribution >= 0.6 is 21.6 Å². The normalized spacial score (nSPS) is 12.9. The molecule has 6 heteroatoms. The van der Waals surface area contributed by atoms with E-state index in [1.54, 1.807) is 33.4 Å². The average Bonchev–Trinajstić information content (AvgIpc) is 2.82. The van der Waals surface area contributed by atoms with Crippen LogP contribution in [0.25, 0.3) is 0 Å². The van der Waals surface area contributed by atoms with Crippen molar-refractivity contribution in [2.24, 2.45) is 0 Å². The second kappa shape index (κ2) is 13.4. The maximum Gasteiger partial charge on any atom is 0.227 e. The number of hydrogen-bond acceptors (Lipinski definition) is 5. The molecule has 1 aliphatic rings. The standard InChI is InChI=1S/C28H31NO3S2/c1-3-26(19-21(2)30)34-33-18-8-12-25(31)16-17-28(32)29-20-24-11-5-4-9-22(24)14-15-23-10-6-7-13-27(23)29/h4-7,9-11,13,26H,3,8,12,16-20H2,1-2H3. The zero-order valence-electron chi connectivity index (χ0n) is 19.8. The molecule has 34 heavy (non-hydrogen) atoms. The Kier molecular flexibility index (Phi) is 10.3. The first-order chi connectivity index (χ1) is 16.5. The Labute approximate surface area is 210 Å². The first-order valence-corrected chi connectivity index (χ1v) is 14.1. The van der Waals surface area contributed by atoms with E-state index in [2.05, 4.69) is 18.8 Å². The summed E-state index contributed by atoms with van der Waals surface area (Å²) in [6.07, 6.45) is 3.29. The van der Waals surface area contributed by atoms with Crippen LogP contribution in [0.15, 0.2) is 48.5 Å². The van der Waals surface area contributed by atoms with Crippen molar-refractivity contribution in [2.75, 3.05) is 10.7 Å². The molecule has 1 heterocycles. The van der Waals surface area contributed by atoms with E-state index < -0.39 is 0 Å². The fourth-order valence-corrected chi connectivity index (χ4v) is 6.58. The van der Waals surface area contributed by atoms with E-state index in [1.165, 1.54) is 0 Å². The number of ketones is 2. The van der Waals surface area contributed by atoms with Gasteiger partial charge in [-0.25, -0.2) is 0 Å². The Balaban J connectivity index is 1.51. The molecule has 4 nitrogen and oxygen atoms in total. The minimum atomic E-state index is -0.0562. The third-order valence-electron chi connectivity index (χ3n) is 5.65. The molecule has 0 radical (unpaired) electrons. The maximum absolute atomic E-state index is 13.2. The molecule has 0 fully saturated rings. The van der Waals surface area contributed by atoms with Gasteiger partial charge in [-0.1, -0.05) is 70.7 Å². The number of fused-ring (bicyclic) bond motifs is 2.